The zero-order valence-electron chi connectivity index (χ0n) is 19.7. The first-order chi connectivity index (χ1) is 16.8. The van der Waals surface area contributed by atoms with E-state index in [4.69, 9.17) is 0 Å². The largest absolute Gasteiger partial charge is 0.451 e. The summed E-state index contributed by atoms with van der Waals surface area (Å²) in [5.41, 5.74) is 2.09. The Morgan fingerprint density at radius 3 is 2.36 bits per heavy atom. The number of alkyl halides is 3. The van der Waals surface area contributed by atoms with Crippen LogP contribution in [-0.2, 0) is 40.3 Å². The molecule has 0 saturated heterocycles. The van der Waals surface area contributed by atoms with Crippen molar-refractivity contribution in [2.45, 2.75) is 50.5 Å². The first-order valence-electron chi connectivity index (χ1n) is 11.0. The van der Waals surface area contributed by atoms with Gasteiger partial charge in [-0.25, -0.2) is 23.4 Å². The topological polar surface area (TPSA) is 105 Å². The molecule has 1 amide bonds. The summed E-state index contributed by atoms with van der Waals surface area (Å²) in [6.45, 7) is 4.98. The highest BCUT2D eigenvalue weighted by Gasteiger charge is 2.37. The molecule has 4 rings (SSSR count). The minimum atomic E-state index is -4.58. The normalized spacial score (nSPS) is 16.4. The van der Waals surface area contributed by atoms with E-state index in [0.29, 0.717) is 29.3 Å². The maximum absolute atomic E-state index is 12.7. The lowest BCUT2D eigenvalue weighted by molar-refractivity contribution is -0.145. The number of thiazole rings is 1. The van der Waals surface area contributed by atoms with Crippen molar-refractivity contribution in [1.29, 1.82) is 0 Å². The lowest BCUT2D eigenvalue weighted by Crippen LogP contribution is -2.26. The molecule has 192 valence electrons. The van der Waals surface area contributed by atoms with Crippen LogP contribution < -0.4 is 5.32 Å². The van der Waals surface area contributed by atoms with Gasteiger partial charge in [0, 0.05) is 42.2 Å². The number of carbonyl (C=O) groups is 1. The van der Waals surface area contributed by atoms with Crippen LogP contribution in [0.3, 0.4) is 0 Å². The number of aromatic nitrogens is 3. The average Bonchev–Trinajstić information content (AvgIpc) is 3.29. The summed E-state index contributed by atoms with van der Waals surface area (Å²) < 4.78 is 61.4. The van der Waals surface area contributed by atoms with E-state index < -0.39 is 21.8 Å². The van der Waals surface area contributed by atoms with Gasteiger partial charge in [0.1, 0.15) is 0 Å². The molecule has 2 aromatic heterocycles. The number of hydrogen-bond donors (Lipinski definition) is 1. The number of sulfone groups is 1. The number of carbonyl (C=O) groups excluding carboxylic acids is 1. The first-order valence-corrected chi connectivity index (χ1v) is 13.7. The van der Waals surface area contributed by atoms with Gasteiger partial charge in [0.05, 0.1) is 23.1 Å². The van der Waals surface area contributed by atoms with E-state index in [0.717, 1.165) is 16.8 Å². The highest BCUT2D eigenvalue weighted by Crippen LogP contribution is 2.43. The Morgan fingerprint density at radius 1 is 1.17 bits per heavy atom. The number of benzene rings is 1. The number of hydrogen-bond acceptors (Lipinski definition) is 8. The molecule has 0 spiro atoms. The monoisotopic (exact) mass is 539 g/mol. The lowest BCUT2D eigenvalue weighted by Gasteiger charge is -2.27. The van der Waals surface area contributed by atoms with E-state index in [1.54, 1.807) is 12.1 Å². The van der Waals surface area contributed by atoms with Crippen molar-refractivity contribution in [2.24, 2.45) is 5.92 Å². The summed E-state index contributed by atoms with van der Waals surface area (Å²) in [7, 11) is -3.30. The summed E-state index contributed by atoms with van der Waals surface area (Å²) in [6.07, 6.45) is -0.995. The van der Waals surface area contributed by atoms with Crippen LogP contribution >= 0.6 is 11.3 Å². The molecule has 0 saturated carbocycles. The highest BCUT2D eigenvalue weighted by molar-refractivity contribution is 7.90. The van der Waals surface area contributed by atoms with Crippen molar-refractivity contribution in [3.63, 3.8) is 0 Å². The quantitative estimate of drug-likeness (QED) is 0.479. The van der Waals surface area contributed by atoms with Crippen LogP contribution in [0.4, 0.5) is 18.3 Å². The fourth-order valence-corrected chi connectivity index (χ4v) is 5.80. The molecular weight excluding hydrogens is 515 g/mol. The lowest BCUT2D eigenvalue weighted by atomic mass is 10.0. The SMILES string of the molecule is CC(C)[C@H]1c2nc(NC(=O)Cc3ccc(S(C)(=O)=O)cc3)sc2CN1Cc1cnc(C(F)(F)F)nc1. The van der Waals surface area contributed by atoms with Crippen molar-refractivity contribution < 1.29 is 26.4 Å². The van der Waals surface area contributed by atoms with Crippen LogP contribution in [0.25, 0.3) is 0 Å². The molecule has 1 aromatic carbocycles. The number of nitrogens with one attached hydrogen (secondary N) is 1. The molecule has 8 nitrogen and oxygen atoms in total. The number of fused-ring (bicyclic) bond motifs is 1. The molecule has 0 bridgehead atoms. The number of nitrogens with zero attached hydrogens (tertiary/aromatic N) is 4. The minimum absolute atomic E-state index is 0.0714. The van der Waals surface area contributed by atoms with E-state index in [1.807, 2.05) is 13.8 Å². The smallest absolute Gasteiger partial charge is 0.302 e. The Balaban J connectivity index is 1.42. The van der Waals surface area contributed by atoms with Crippen LogP contribution in [0.5, 0.6) is 0 Å². The maximum Gasteiger partial charge on any atom is 0.451 e. The fourth-order valence-electron chi connectivity index (χ4n) is 4.13. The molecule has 1 atom stereocenters. The second-order valence-corrected chi connectivity index (χ2v) is 12.1. The third-order valence-electron chi connectivity index (χ3n) is 5.69. The Labute approximate surface area is 210 Å². The predicted molar refractivity (Wildman–Crippen MR) is 128 cm³/mol. The van der Waals surface area contributed by atoms with Crippen LogP contribution in [0, 0.1) is 5.92 Å². The van der Waals surface area contributed by atoms with Crippen molar-refractivity contribution >= 4 is 32.2 Å². The molecule has 1 N–H and O–H groups in total. The van der Waals surface area contributed by atoms with Gasteiger partial charge in [-0.15, -0.1) is 11.3 Å². The van der Waals surface area contributed by atoms with E-state index in [-0.39, 0.29) is 29.2 Å². The van der Waals surface area contributed by atoms with Gasteiger partial charge in [-0.1, -0.05) is 26.0 Å². The number of amides is 1. The first kappa shape index (κ1) is 26.2. The molecule has 0 unspecified atom stereocenters. The maximum atomic E-state index is 12.7. The summed E-state index contributed by atoms with van der Waals surface area (Å²) in [5, 5.41) is 3.29. The van der Waals surface area contributed by atoms with Gasteiger partial charge < -0.3 is 5.32 Å². The van der Waals surface area contributed by atoms with Gasteiger partial charge in [0.15, 0.2) is 15.0 Å². The van der Waals surface area contributed by atoms with E-state index >= 15 is 0 Å². The van der Waals surface area contributed by atoms with Crippen LogP contribution in [0.15, 0.2) is 41.6 Å². The van der Waals surface area contributed by atoms with Crippen molar-refractivity contribution in [2.75, 3.05) is 11.6 Å². The third-order valence-corrected chi connectivity index (χ3v) is 7.79. The Bertz CT molecular complexity index is 1360. The molecule has 3 heterocycles. The van der Waals surface area contributed by atoms with Gasteiger partial charge in [-0.3, -0.25) is 9.69 Å². The van der Waals surface area contributed by atoms with Crippen molar-refractivity contribution in [1.82, 2.24) is 19.9 Å². The Morgan fingerprint density at radius 2 is 1.81 bits per heavy atom. The van der Waals surface area contributed by atoms with Gasteiger partial charge in [0.25, 0.3) is 0 Å². The summed E-state index contributed by atoms with van der Waals surface area (Å²) in [4.78, 5) is 27.4. The molecule has 1 aliphatic rings. The molecule has 1 aliphatic heterocycles. The Hall–Kier alpha value is -2.90. The summed E-state index contributed by atoms with van der Waals surface area (Å²) in [5.74, 6) is -1.27. The third kappa shape index (κ3) is 5.90. The Kier molecular flexibility index (Phi) is 7.17. The molecule has 0 aliphatic carbocycles. The zero-order chi connectivity index (χ0) is 26.3. The summed E-state index contributed by atoms with van der Waals surface area (Å²) >= 11 is 1.36. The standard InChI is InChI=1S/C23H24F3N5O3S2/c1-13(2)20-19-17(12-31(20)11-15-9-27-21(28-10-15)23(24,25)26)35-22(30-19)29-18(32)8-14-4-6-16(7-5-14)36(3,33)34/h4-7,9-10,13,20H,8,11-12H2,1-3H3,(H,29,30,32)/t20-/m0/s1. The number of rotatable bonds is 7. The van der Waals surface area contributed by atoms with Gasteiger partial charge in [-0.05, 0) is 23.6 Å². The van der Waals surface area contributed by atoms with Crippen LogP contribution in [-0.4, -0.2) is 40.4 Å². The van der Waals surface area contributed by atoms with E-state index in [9.17, 15) is 26.4 Å². The van der Waals surface area contributed by atoms with Gasteiger partial charge in [-0.2, -0.15) is 13.2 Å². The molecule has 3 aromatic rings. The van der Waals surface area contributed by atoms with E-state index in [1.165, 1.54) is 35.9 Å². The highest BCUT2D eigenvalue weighted by atomic mass is 32.2. The van der Waals surface area contributed by atoms with Gasteiger partial charge in [0.2, 0.25) is 11.7 Å². The van der Waals surface area contributed by atoms with Crippen molar-refractivity contribution in [3.05, 3.63) is 64.2 Å². The average molecular weight is 540 g/mol. The molecular formula is C23H24F3N5O3S2. The van der Waals surface area contributed by atoms with E-state index in [2.05, 4.69) is 25.2 Å². The number of halogens is 3. The van der Waals surface area contributed by atoms with Crippen LogP contribution in [0.1, 0.15) is 47.4 Å². The fraction of sp³-hybridized carbons (Fsp3) is 0.391. The molecule has 0 radical (unpaired) electrons. The predicted octanol–water partition coefficient (Wildman–Crippen LogP) is 4.25. The molecule has 0 fully saturated rings. The van der Waals surface area contributed by atoms with Gasteiger partial charge >= 0.3 is 6.18 Å². The summed E-state index contributed by atoms with van der Waals surface area (Å²) in [6, 6.07) is 6.08. The second-order valence-electron chi connectivity index (χ2n) is 8.98. The van der Waals surface area contributed by atoms with Crippen LogP contribution in [0.2, 0.25) is 0 Å². The minimum Gasteiger partial charge on any atom is -0.302 e. The zero-order valence-corrected chi connectivity index (χ0v) is 21.3. The van der Waals surface area contributed by atoms with Crippen molar-refractivity contribution in [3.8, 4) is 0 Å². The number of anilines is 1. The second kappa shape index (κ2) is 9.87. The molecule has 13 heteroatoms. The molecule has 36 heavy (non-hydrogen) atoms.